The zero-order valence-corrected chi connectivity index (χ0v) is 11.7. The summed E-state index contributed by atoms with van der Waals surface area (Å²) in [6.07, 6.45) is 3.07. The van der Waals surface area contributed by atoms with E-state index in [4.69, 9.17) is 11.6 Å². The van der Waals surface area contributed by atoms with Crippen LogP contribution in [0.15, 0.2) is 36.9 Å². The number of benzene rings is 1. The van der Waals surface area contributed by atoms with E-state index < -0.39 is 0 Å². The van der Waals surface area contributed by atoms with Gasteiger partial charge in [0.1, 0.15) is 0 Å². The van der Waals surface area contributed by atoms with Crippen molar-refractivity contribution in [2.75, 3.05) is 19.6 Å². The molecule has 2 rings (SSSR count). The molecule has 3 nitrogen and oxygen atoms in total. The van der Waals surface area contributed by atoms with Gasteiger partial charge in [-0.2, -0.15) is 0 Å². The highest BCUT2D eigenvalue weighted by molar-refractivity contribution is 6.30. The fourth-order valence-electron chi connectivity index (χ4n) is 2.31. The normalized spacial score (nSPS) is 19.2. The molecular weight excluding hydrogens is 260 g/mol. The molecule has 1 amide bonds. The van der Waals surface area contributed by atoms with E-state index in [2.05, 4.69) is 11.9 Å². The number of hydrogen-bond acceptors (Lipinski definition) is 2. The second kappa shape index (κ2) is 6.73. The average Bonchev–Trinajstić information content (AvgIpc) is 2.45. The molecule has 1 aromatic rings. The molecular formula is C15H19ClN2O. The predicted molar refractivity (Wildman–Crippen MR) is 78.2 cm³/mol. The molecule has 1 aromatic carbocycles. The summed E-state index contributed by atoms with van der Waals surface area (Å²) in [5, 5.41) is 4.16. The van der Waals surface area contributed by atoms with Gasteiger partial charge in [0.2, 0.25) is 5.91 Å². The largest absolute Gasteiger partial charge is 0.340 e. The Labute approximate surface area is 119 Å². The second-order valence-corrected chi connectivity index (χ2v) is 5.17. The summed E-state index contributed by atoms with van der Waals surface area (Å²) >= 11 is 6.01. The van der Waals surface area contributed by atoms with Crippen LogP contribution in [0.1, 0.15) is 24.4 Å². The Bertz CT molecular complexity index is 461. The monoisotopic (exact) mass is 278 g/mol. The van der Waals surface area contributed by atoms with Gasteiger partial charge in [0.25, 0.3) is 0 Å². The van der Waals surface area contributed by atoms with E-state index in [0.717, 1.165) is 30.1 Å². The van der Waals surface area contributed by atoms with Crippen LogP contribution in [0, 0.1) is 0 Å². The summed E-state index contributed by atoms with van der Waals surface area (Å²) in [4.78, 5) is 13.9. The lowest BCUT2D eigenvalue weighted by Crippen LogP contribution is -2.48. The molecule has 1 heterocycles. The van der Waals surface area contributed by atoms with E-state index in [1.54, 1.807) is 6.08 Å². The third-order valence-electron chi connectivity index (χ3n) is 3.34. The van der Waals surface area contributed by atoms with Crippen molar-refractivity contribution in [3.05, 3.63) is 47.5 Å². The zero-order chi connectivity index (χ0) is 13.7. The quantitative estimate of drug-likeness (QED) is 0.859. The molecule has 1 atom stereocenters. The maximum atomic E-state index is 12.0. The minimum Gasteiger partial charge on any atom is -0.340 e. The lowest BCUT2D eigenvalue weighted by molar-refractivity contribution is -0.132. The molecule has 1 saturated heterocycles. The van der Waals surface area contributed by atoms with Crippen LogP contribution >= 0.6 is 11.6 Å². The molecule has 0 aliphatic carbocycles. The van der Waals surface area contributed by atoms with Crippen molar-refractivity contribution in [2.45, 2.75) is 18.9 Å². The number of piperazine rings is 1. The standard InChI is InChI=1S/C15H19ClN2O/c1-2-3-7-15(19)18-9-8-17-14(11-18)12-5-4-6-13(16)10-12/h2,4-6,10,14,17H,1,3,7-9,11H2/t14-/m1/s1. The Kier molecular flexibility index (Phi) is 5.00. The molecule has 1 aliphatic rings. The third kappa shape index (κ3) is 3.82. The first-order valence-electron chi connectivity index (χ1n) is 6.58. The van der Waals surface area contributed by atoms with Crippen molar-refractivity contribution in [3.63, 3.8) is 0 Å². The smallest absolute Gasteiger partial charge is 0.222 e. The Balaban J connectivity index is 2.00. The molecule has 0 aromatic heterocycles. The van der Waals surface area contributed by atoms with Gasteiger partial charge in [0, 0.05) is 37.1 Å². The van der Waals surface area contributed by atoms with Crippen LogP contribution < -0.4 is 5.32 Å². The molecule has 102 valence electrons. The Morgan fingerprint density at radius 1 is 1.58 bits per heavy atom. The summed E-state index contributed by atoms with van der Waals surface area (Å²) < 4.78 is 0. The first kappa shape index (κ1) is 14.1. The van der Waals surface area contributed by atoms with Gasteiger partial charge in [-0.3, -0.25) is 4.79 Å². The molecule has 0 spiro atoms. The van der Waals surface area contributed by atoms with E-state index in [9.17, 15) is 4.79 Å². The zero-order valence-electron chi connectivity index (χ0n) is 10.9. The van der Waals surface area contributed by atoms with Crippen LogP contribution in [0.3, 0.4) is 0 Å². The number of hydrogen-bond donors (Lipinski definition) is 1. The topological polar surface area (TPSA) is 32.3 Å². The number of nitrogens with zero attached hydrogens (tertiary/aromatic N) is 1. The first-order valence-corrected chi connectivity index (χ1v) is 6.96. The molecule has 0 bridgehead atoms. The van der Waals surface area contributed by atoms with E-state index >= 15 is 0 Å². The van der Waals surface area contributed by atoms with Crippen LogP contribution in [-0.2, 0) is 4.79 Å². The van der Waals surface area contributed by atoms with Crippen molar-refractivity contribution in [3.8, 4) is 0 Å². The third-order valence-corrected chi connectivity index (χ3v) is 3.58. The van der Waals surface area contributed by atoms with Gasteiger partial charge in [-0.15, -0.1) is 6.58 Å². The maximum absolute atomic E-state index is 12.0. The number of carbonyl (C=O) groups is 1. The summed E-state index contributed by atoms with van der Waals surface area (Å²) in [5.74, 6) is 0.202. The van der Waals surface area contributed by atoms with Crippen LogP contribution in [-0.4, -0.2) is 30.4 Å². The van der Waals surface area contributed by atoms with Crippen LogP contribution in [0.2, 0.25) is 5.02 Å². The van der Waals surface area contributed by atoms with Crippen molar-refractivity contribution in [2.24, 2.45) is 0 Å². The van der Waals surface area contributed by atoms with E-state index in [1.165, 1.54) is 0 Å². The highest BCUT2D eigenvalue weighted by Crippen LogP contribution is 2.21. The van der Waals surface area contributed by atoms with Crippen molar-refractivity contribution < 1.29 is 4.79 Å². The van der Waals surface area contributed by atoms with Gasteiger partial charge >= 0.3 is 0 Å². The molecule has 0 unspecified atom stereocenters. The lowest BCUT2D eigenvalue weighted by Gasteiger charge is -2.34. The summed E-state index contributed by atoms with van der Waals surface area (Å²) in [7, 11) is 0. The number of amides is 1. The van der Waals surface area contributed by atoms with Gasteiger partial charge < -0.3 is 10.2 Å². The second-order valence-electron chi connectivity index (χ2n) is 4.73. The summed E-state index contributed by atoms with van der Waals surface area (Å²) in [6.45, 7) is 5.94. The minimum absolute atomic E-state index is 0.167. The van der Waals surface area contributed by atoms with Crippen molar-refractivity contribution in [1.29, 1.82) is 0 Å². The summed E-state index contributed by atoms with van der Waals surface area (Å²) in [5.41, 5.74) is 1.13. The number of nitrogens with one attached hydrogen (secondary N) is 1. The van der Waals surface area contributed by atoms with Gasteiger partial charge in [-0.25, -0.2) is 0 Å². The number of carbonyl (C=O) groups excluding carboxylic acids is 1. The minimum atomic E-state index is 0.167. The van der Waals surface area contributed by atoms with E-state index in [1.807, 2.05) is 29.2 Å². The van der Waals surface area contributed by atoms with Gasteiger partial charge in [-0.1, -0.05) is 29.8 Å². The maximum Gasteiger partial charge on any atom is 0.222 e. The van der Waals surface area contributed by atoms with Crippen molar-refractivity contribution in [1.82, 2.24) is 10.2 Å². The average molecular weight is 279 g/mol. The van der Waals surface area contributed by atoms with Gasteiger partial charge in [0.15, 0.2) is 0 Å². The number of rotatable bonds is 4. The first-order chi connectivity index (χ1) is 9.20. The molecule has 0 radical (unpaired) electrons. The molecule has 0 saturated carbocycles. The fraction of sp³-hybridized carbons (Fsp3) is 0.400. The van der Waals surface area contributed by atoms with Gasteiger partial charge in [-0.05, 0) is 24.1 Å². The fourth-order valence-corrected chi connectivity index (χ4v) is 2.51. The Morgan fingerprint density at radius 2 is 2.42 bits per heavy atom. The summed E-state index contributed by atoms with van der Waals surface area (Å²) in [6, 6.07) is 7.97. The van der Waals surface area contributed by atoms with Crippen LogP contribution in [0.25, 0.3) is 0 Å². The SMILES string of the molecule is C=CCCC(=O)N1CCN[C@@H](c2cccc(Cl)c2)C1. The van der Waals surface area contributed by atoms with E-state index in [-0.39, 0.29) is 11.9 Å². The number of allylic oxidation sites excluding steroid dienone is 1. The number of halogens is 1. The van der Waals surface area contributed by atoms with Gasteiger partial charge in [0.05, 0.1) is 0 Å². The molecule has 1 N–H and O–H groups in total. The van der Waals surface area contributed by atoms with Crippen LogP contribution in [0.4, 0.5) is 0 Å². The highest BCUT2D eigenvalue weighted by Gasteiger charge is 2.23. The lowest BCUT2D eigenvalue weighted by atomic mass is 10.0. The molecule has 1 aliphatic heterocycles. The van der Waals surface area contributed by atoms with Crippen LogP contribution in [0.5, 0.6) is 0 Å². The highest BCUT2D eigenvalue weighted by atomic mass is 35.5. The Hall–Kier alpha value is -1.32. The Morgan fingerprint density at radius 3 is 3.16 bits per heavy atom. The molecule has 4 heteroatoms. The molecule has 19 heavy (non-hydrogen) atoms. The predicted octanol–water partition coefficient (Wildman–Crippen LogP) is 2.78. The van der Waals surface area contributed by atoms with Crippen molar-refractivity contribution >= 4 is 17.5 Å². The van der Waals surface area contributed by atoms with E-state index in [0.29, 0.717) is 13.0 Å². The molecule has 1 fully saturated rings.